The third-order valence-electron chi connectivity index (χ3n) is 2.85. The molecule has 106 valence electrons. The maximum absolute atomic E-state index is 10.7. The Morgan fingerprint density at radius 1 is 1.00 bits per heavy atom. The van der Waals surface area contributed by atoms with Crippen LogP contribution >= 0.6 is 0 Å². The summed E-state index contributed by atoms with van der Waals surface area (Å²) in [6.45, 7) is 6.98. The number of rotatable bonds is 11. The van der Waals surface area contributed by atoms with Gasteiger partial charge in [-0.25, -0.2) is 0 Å². The maximum Gasteiger partial charge on any atom is 1.00 e. The molecule has 0 aliphatic heterocycles. The first-order valence-corrected chi connectivity index (χ1v) is 6.64. The minimum atomic E-state index is -1.33. The third kappa shape index (κ3) is 13.9. The smallest absolute Gasteiger partial charge is 0.550 e. The average molecular weight is 303 g/mol. The van der Waals surface area contributed by atoms with Crippen LogP contribution in [0.25, 0.3) is 0 Å². The molecule has 0 bridgehead atoms. The van der Waals surface area contributed by atoms with Crippen LogP contribution in [0.15, 0.2) is 0 Å². The van der Waals surface area contributed by atoms with Crippen molar-refractivity contribution < 1.29 is 78.9 Å². The van der Waals surface area contributed by atoms with Gasteiger partial charge in [0.05, 0.1) is 0 Å². The van der Waals surface area contributed by atoms with Crippen LogP contribution in [-0.4, -0.2) is 36.5 Å². The van der Waals surface area contributed by atoms with Crippen LogP contribution in [0.5, 0.6) is 0 Å². The van der Waals surface area contributed by atoms with Crippen LogP contribution in [-0.2, 0) is 9.59 Å². The Bertz CT molecular complexity index is 259. The second-order valence-electron chi connectivity index (χ2n) is 4.58. The maximum atomic E-state index is 10.7. The zero-order valence-electron chi connectivity index (χ0n) is 13.3. The average Bonchev–Trinajstić information content (AvgIpc) is 2.27. The second-order valence-corrected chi connectivity index (χ2v) is 4.58. The number of carbonyl (C=O) groups excluding carboxylic acids is 2. The van der Waals surface area contributed by atoms with Crippen molar-refractivity contribution in [2.45, 2.75) is 46.0 Å². The molecular formula is C13H23NNa2O4. The molecule has 0 saturated heterocycles. The first kappa shape index (κ1) is 25.8. The molecule has 0 aliphatic carbocycles. The second kappa shape index (κ2) is 16.3. The van der Waals surface area contributed by atoms with Gasteiger partial charge in [0, 0.05) is 17.9 Å². The predicted octanol–water partition coefficient (Wildman–Crippen LogP) is -6.60. The number of hydrogen-bond donors (Lipinski definition) is 0. The van der Waals surface area contributed by atoms with Crippen molar-refractivity contribution in [3.05, 3.63) is 0 Å². The molecule has 1 unspecified atom stereocenters. The summed E-state index contributed by atoms with van der Waals surface area (Å²) in [6, 6.07) is 0. The van der Waals surface area contributed by atoms with Gasteiger partial charge in [0.2, 0.25) is 0 Å². The molecule has 0 aromatic carbocycles. The minimum absolute atomic E-state index is 0. The quantitative estimate of drug-likeness (QED) is 0.354. The van der Waals surface area contributed by atoms with Crippen molar-refractivity contribution in [1.29, 1.82) is 0 Å². The molecule has 0 heterocycles. The minimum Gasteiger partial charge on any atom is -0.550 e. The fourth-order valence-electron chi connectivity index (χ4n) is 2.03. The van der Waals surface area contributed by atoms with Gasteiger partial charge in [-0.2, -0.15) is 0 Å². The van der Waals surface area contributed by atoms with E-state index in [1.807, 2.05) is 0 Å². The van der Waals surface area contributed by atoms with E-state index >= 15 is 0 Å². The molecular weight excluding hydrogens is 280 g/mol. The fourth-order valence-corrected chi connectivity index (χ4v) is 2.03. The van der Waals surface area contributed by atoms with Crippen molar-refractivity contribution in [2.24, 2.45) is 5.92 Å². The summed E-state index contributed by atoms with van der Waals surface area (Å²) < 4.78 is 0. The molecule has 0 aromatic heterocycles. The molecule has 1 atom stereocenters. The third-order valence-corrected chi connectivity index (χ3v) is 2.85. The van der Waals surface area contributed by atoms with Gasteiger partial charge in [0.15, 0.2) is 0 Å². The Hall–Kier alpha value is 0.900. The van der Waals surface area contributed by atoms with E-state index in [4.69, 9.17) is 0 Å². The molecule has 0 aliphatic rings. The molecule has 0 saturated carbocycles. The molecule has 7 heteroatoms. The number of carboxylic acid groups (broad SMARTS) is 2. The largest absolute Gasteiger partial charge is 1.00 e. The summed E-state index contributed by atoms with van der Waals surface area (Å²) in [6.07, 6.45) is 2.67. The molecule has 0 spiro atoms. The van der Waals surface area contributed by atoms with Gasteiger partial charge in [-0.3, -0.25) is 0 Å². The Morgan fingerprint density at radius 3 is 1.85 bits per heavy atom. The van der Waals surface area contributed by atoms with E-state index in [2.05, 4.69) is 18.7 Å². The Morgan fingerprint density at radius 2 is 1.50 bits per heavy atom. The van der Waals surface area contributed by atoms with E-state index in [0.29, 0.717) is 12.8 Å². The molecule has 0 N–H and O–H groups in total. The summed E-state index contributed by atoms with van der Waals surface area (Å²) in [4.78, 5) is 23.4. The van der Waals surface area contributed by atoms with Crippen LogP contribution in [0.4, 0.5) is 0 Å². The molecule has 0 aromatic rings. The molecule has 0 fully saturated rings. The van der Waals surface area contributed by atoms with Gasteiger partial charge in [-0.05, 0) is 51.7 Å². The summed E-state index contributed by atoms with van der Waals surface area (Å²) in [5.41, 5.74) is 0. The van der Waals surface area contributed by atoms with E-state index in [9.17, 15) is 19.8 Å². The van der Waals surface area contributed by atoms with Crippen LogP contribution < -0.4 is 69.3 Å². The van der Waals surface area contributed by atoms with Crippen molar-refractivity contribution in [3.63, 3.8) is 0 Å². The molecule has 5 nitrogen and oxygen atoms in total. The monoisotopic (exact) mass is 303 g/mol. The van der Waals surface area contributed by atoms with Crippen LogP contribution in [0, 0.1) is 5.92 Å². The fraction of sp³-hybridized carbons (Fsp3) is 0.846. The van der Waals surface area contributed by atoms with Gasteiger partial charge < -0.3 is 24.7 Å². The number of carboxylic acids is 2. The molecule has 20 heavy (non-hydrogen) atoms. The first-order chi connectivity index (χ1) is 8.51. The van der Waals surface area contributed by atoms with Gasteiger partial charge in [-0.15, -0.1) is 0 Å². The van der Waals surface area contributed by atoms with Crippen molar-refractivity contribution in [3.8, 4) is 0 Å². The summed E-state index contributed by atoms with van der Waals surface area (Å²) >= 11 is 0. The van der Waals surface area contributed by atoms with E-state index in [-0.39, 0.29) is 59.1 Å². The first-order valence-electron chi connectivity index (χ1n) is 6.64. The van der Waals surface area contributed by atoms with Gasteiger partial charge >= 0.3 is 59.1 Å². The number of carbonyl (C=O) groups is 2. The Balaban J connectivity index is -0.00000144. The number of nitrogens with zero attached hydrogens (tertiary/aromatic N) is 1. The van der Waals surface area contributed by atoms with Crippen LogP contribution in [0.3, 0.4) is 0 Å². The topological polar surface area (TPSA) is 83.5 Å². The van der Waals surface area contributed by atoms with Crippen LogP contribution in [0.1, 0.15) is 46.0 Å². The SMILES string of the molecule is CCCN(CCC)CCCC(CC(=O)[O-])C(=O)[O-].[Na+].[Na+]. The normalized spacial score (nSPS) is 11.3. The van der Waals surface area contributed by atoms with Crippen molar-refractivity contribution in [2.75, 3.05) is 19.6 Å². The van der Waals surface area contributed by atoms with E-state index in [1.165, 1.54) is 0 Å². The van der Waals surface area contributed by atoms with Gasteiger partial charge in [0.1, 0.15) is 0 Å². The van der Waals surface area contributed by atoms with Crippen molar-refractivity contribution in [1.82, 2.24) is 4.90 Å². The van der Waals surface area contributed by atoms with Crippen molar-refractivity contribution >= 4 is 11.9 Å². The predicted molar refractivity (Wildman–Crippen MR) is 64.4 cm³/mol. The van der Waals surface area contributed by atoms with E-state index < -0.39 is 24.3 Å². The number of hydrogen-bond acceptors (Lipinski definition) is 5. The summed E-state index contributed by atoms with van der Waals surface area (Å²) in [5.74, 6) is -3.56. The Labute approximate surface area is 166 Å². The van der Waals surface area contributed by atoms with E-state index in [0.717, 1.165) is 32.5 Å². The molecule has 0 amide bonds. The number of aliphatic carboxylic acids is 2. The summed E-state index contributed by atoms with van der Waals surface area (Å²) in [7, 11) is 0. The zero-order valence-corrected chi connectivity index (χ0v) is 17.3. The Kier molecular flexibility index (Phi) is 21.0. The van der Waals surface area contributed by atoms with Crippen LogP contribution in [0.2, 0.25) is 0 Å². The van der Waals surface area contributed by atoms with E-state index in [1.54, 1.807) is 0 Å². The standard InChI is InChI=1S/C13H25NO4.2Na/c1-3-7-14(8-4-2)9-5-6-11(13(17)18)10-12(15)16;;/h11H,3-10H2,1-2H3,(H,15,16)(H,17,18);;/q;2*+1/p-2. The van der Waals surface area contributed by atoms with Gasteiger partial charge in [0.25, 0.3) is 0 Å². The summed E-state index contributed by atoms with van der Waals surface area (Å²) in [5, 5.41) is 21.1. The van der Waals surface area contributed by atoms with Gasteiger partial charge in [-0.1, -0.05) is 13.8 Å². The zero-order chi connectivity index (χ0) is 14.0. The molecule has 0 radical (unpaired) electrons. The molecule has 0 rings (SSSR count).